The number of hydrogen-bond acceptors (Lipinski definition) is 6. The monoisotopic (exact) mass is 336 g/mol. The molecule has 0 fully saturated rings. The van der Waals surface area contributed by atoms with Crippen molar-refractivity contribution in [3.63, 3.8) is 0 Å². The van der Waals surface area contributed by atoms with E-state index in [-0.39, 0.29) is 13.0 Å². The van der Waals surface area contributed by atoms with E-state index in [0.717, 1.165) is 5.56 Å². The average Bonchev–Trinajstić information content (AvgIpc) is 3.00. The summed E-state index contributed by atoms with van der Waals surface area (Å²) in [5, 5.41) is 20.1. The first-order chi connectivity index (χ1) is 11.0. The third-order valence-corrected chi connectivity index (χ3v) is 3.86. The quantitative estimate of drug-likeness (QED) is 0.837. The number of hydrogen-bond donors (Lipinski definition) is 2. The number of nitrogens with one attached hydrogen (secondary N) is 1. The van der Waals surface area contributed by atoms with Crippen molar-refractivity contribution < 1.29 is 19.4 Å². The molecule has 0 saturated heterocycles. The number of rotatable bonds is 6. The number of methoxy groups -OCH3 is 1. The van der Waals surface area contributed by atoms with Crippen molar-refractivity contribution in [1.82, 2.24) is 15.1 Å². The molecule has 122 valence electrons. The fourth-order valence-corrected chi connectivity index (χ4v) is 2.52. The Morgan fingerprint density at radius 1 is 1.35 bits per heavy atom. The van der Waals surface area contributed by atoms with Gasteiger partial charge in [-0.05, 0) is 12.1 Å². The molecule has 0 aliphatic heterocycles. The van der Waals surface area contributed by atoms with Crippen LogP contribution in [-0.4, -0.2) is 52.9 Å². The third kappa shape index (κ3) is 4.39. The molecule has 23 heavy (non-hydrogen) atoms. The fourth-order valence-electron chi connectivity index (χ4n) is 1.76. The summed E-state index contributed by atoms with van der Waals surface area (Å²) in [6.07, 6.45) is -0.119. The zero-order valence-corrected chi connectivity index (χ0v) is 13.5. The molecule has 2 amide bonds. The van der Waals surface area contributed by atoms with Gasteiger partial charge in [-0.15, -0.1) is 10.2 Å². The molecule has 0 atom stereocenters. The van der Waals surface area contributed by atoms with Crippen molar-refractivity contribution in [3.8, 4) is 16.3 Å². The van der Waals surface area contributed by atoms with Crippen LogP contribution in [0.1, 0.15) is 6.42 Å². The molecule has 1 aromatic carbocycles. The van der Waals surface area contributed by atoms with Gasteiger partial charge in [0, 0.05) is 13.6 Å². The zero-order chi connectivity index (χ0) is 16.8. The lowest BCUT2D eigenvalue weighted by Crippen LogP contribution is -2.33. The van der Waals surface area contributed by atoms with E-state index in [1.807, 2.05) is 24.3 Å². The number of carboxylic acids is 1. The number of carboxylic acid groups (broad SMARTS) is 1. The van der Waals surface area contributed by atoms with Crippen molar-refractivity contribution in [1.29, 1.82) is 0 Å². The summed E-state index contributed by atoms with van der Waals surface area (Å²) < 4.78 is 5.27. The van der Waals surface area contributed by atoms with Crippen molar-refractivity contribution in [3.05, 3.63) is 24.3 Å². The molecule has 1 heterocycles. The Balaban J connectivity index is 2.05. The molecule has 9 heteroatoms. The summed E-state index contributed by atoms with van der Waals surface area (Å²) in [6, 6.07) is 6.94. The van der Waals surface area contributed by atoms with Gasteiger partial charge in [-0.25, -0.2) is 4.79 Å². The van der Waals surface area contributed by atoms with Gasteiger partial charge in [-0.1, -0.05) is 23.5 Å². The fraction of sp³-hybridized carbons (Fsp3) is 0.286. The lowest BCUT2D eigenvalue weighted by molar-refractivity contribution is -0.137. The number of carbonyl (C=O) groups excluding carboxylic acids is 1. The molecule has 8 nitrogen and oxygen atoms in total. The highest BCUT2D eigenvalue weighted by molar-refractivity contribution is 7.18. The van der Waals surface area contributed by atoms with Crippen molar-refractivity contribution in [2.45, 2.75) is 6.42 Å². The van der Waals surface area contributed by atoms with Crippen LogP contribution in [0.25, 0.3) is 10.6 Å². The molecule has 0 radical (unpaired) electrons. The summed E-state index contributed by atoms with van der Waals surface area (Å²) in [6.45, 7) is 0.110. The number of ether oxygens (including phenoxy) is 1. The van der Waals surface area contributed by atoms with Gasteiger partial charge in [-0.3, -0.25) is 10.1 Å². The van der Waals surface area contributed by atoms with E-state index < -0.39 is 12.0 Å². The first-order valence-electron chi connectivity index (χ1n) is 6.72. The Morgan fingerprint density at radius 3 is 2.78 bits per heavy atom. The van der Waals surface area contributed by atoms with E-state index in [1.165, 1.54) is 23.3 Å². The van der Waals surface area contributed by atoms with Crippen LogP contribution in [0.3, 0.4) is 0 Å². The van der Waals surface area contributed by atoms with E-state index in [2.05, 4.69) is 15.5 Å². The maximum absolute atomic E-state index is 11.9. The van der Waals surface area contributed by atoms with Gasteiger partial charge < -0.3 is 14.7 Å². The highest BCUT2D eigenvalue weighted by atomic mass is 32.1. The molecule has 0 saturated carbocycles. The SMILES string of the molecule is COc1ccccc1-c1nnc(NC(=O)N(C)CCC(=O)O)s1. The Bertz CT molecular complexity index is 704. The summed E-state index contributed by atoms with van der Waals surface area (Å²) >= 11 is 1.21. The van der Waals surface area contributed by atoms with Gasteiger partial charge in [0.05, 0.1) is 19.1 Å². The van der Waals surface area contributed by atoms with Crippen LogP contribution < -0.4 is 10.1 Å². The lowest BCUT2D eigenvalue weighted by Gasteiger charge is -2.15. The second kappa shape index (κ2) is 7.54. The van der Waals surface area contributed by atoms with Gasteiger partial charge in [0.2, 0.25) is 5.13 Å². The number of nitrogens with zero attached hydrogens (tertiary/aromatic N) is 3. The molecule has 0 spiro atoms. The lowest BCUT2D eigenvalue weighted by atomic mass is 10.2. The molecule has 0 bridgehead atoms. The minimum atomic E-state index is -0.959. The minimum Gasteiger partial charge on any atom is -0.496 e. The Morgan fingerprint density at radius 2 is 2.09 bits per heavy atom. The molecule has 0 aliphatic rings. The molecule has 2 N–H and O–H groups in total. The van der Waals surface area contributed by atoms with Crippen LogP contribution in [0.4, 0.5) is 9.93 Å². The smallest absolute Gasteiger partial charge is 0.323 e. The zero-order valence-electron chi connectivity index (χ0n) is 12.6. The summed E-state index contributed by atoms with van der Waals surface area (Å²) in [7, 11) is 3.08. The Hall–Kier alpha value is -2.68. The highest BCUT2D eigenvalue weighted by Crippen LogP contribution is 2.33. The summed E-state index contributed by atoms with van der Waals surface area (Å²) in [4.78, 5) is 23.7. The predicted molar refractivity (Wildman–Crippen MR) is 85.8 cm³/mol. The molecular weight excluding hydrogens is 320 g/mol. The second-order valence-electron chi connectivity index (χ2n) is 4.61. The van der Waals surface area contributed by atoms with Crippen LogP contribution in [0.15, 0.2) is 24.3 Å². The summed E-state index contributed by atoms with van der Waals surface area (Å²) in [5.74, 6) is -0.292. The Labute approximate surface area is 136 Å². The number of benzene rings is 1. The number of carbonyl (C=O) groups is 2. The first-order valence-corrected chi connectivity index (χ1v) is 7.53. The number of anilines is 1. The van der Waals surface area contributed by atoms with E-state index in [9.17, 15) is 9.59 Å². The number of para-hydroxylation sites is 1. The molecule has 2 rings (SSSR count). The van der Waals surface area contributed by atoms with Crippen LogP contribution >= 0.6 is 11.3 Å². The maximum atomic E-state index is 11.9. The van der Waals surface area contributed by atoms with Crippen LogP contribution in [0.2, 0.25) is 0 Å². The first kappa shape index (κ1) is 16.7. The largest absolute Gasteiger partial charge is 0.496 e. The van der Waals surface area contributed by atoms with Gasteiger partial charge in [-0.2, -0.15) is 0 Å². The van der Waals surface area contributed by atoms with Crippen molar-refractivity contribution in [2.24, 2.45) is 0 Å². The van der Waals surface area contributed by atoms with Gasteiger partial charge >= 0.3 is 12.0 Å². The van der Waals surface area contributed by atoms with E-state index in [0.29, 0.717) is 15.9 Å². The van der Waals surface area contributed by atoms with Gasteiger partial charge in [0.1, 0.15) is 5.75 Å². The molecular formula is C14H16N4O4S. The standard InChI is InChI=1S/C14H16N4O4S/c1-18(8-7-11(19)20)14(21)15-13-17-16-12(23-13)9-5-3-4-6-10(9)22-2/h3-6H,7-8H2,1-2H3,(H,19,20)(H,15,17,21). The minimum absolute atomic E-state index is 0.110. The molecule has 1 aromatic heterocycles. The maximum Gasteiger partial charge on any atom is 0.323 e. The molecule has 0 aliphatic carbocycles. The number of amides is 2. The van der Waals surface area contributed by atoms with Crippen LogP contribution in [0.5, 0.6) is 5.75 Å². The second-order valence-corrected chi connectivity index (χ2v) is 5.59. The van der Waals surface area contributed by atoms with Crippen molar-refractivity contribution >= 4 is 28.5 Å². The topological polar surface area (TPSA) is 105 Å². The molecule has 2 aromatic rings. The third-order valence-electron chi connectivity index (χ3n) is 2.98. The van der Waals surface area contributed by atoms with Gasteiger partial charge in [0.15, 0.2) is 5.01 Å². The van der Waals surface area contributed by atoms with Crippen molar-refractivity contribution in [2.75, 3.05) is 26.0 Å². The van der Waals surface area contributed by atoms with E-state index in [1.54, 1.807) is 7.11 Å². The average molecular weight is 336 g/mol. The predicted octanol–water partition coefficient (Wildman–Crippen LogP) is 2.15. The van der Waals surface area contributed by atoms with Crippen LogP contribution in [0, 0.1) is 0 Å². The van der Waals surface area contributed by atoms with Crippen LogP contribution in [-0.2, 0) is 4.79 Å². The van der Waals surface area contributed by atoms with E-state index >= 15 is 0 Å². The number of aromatic nitrogens is 2. The number of urea groups is 1. The van der Waals surface area contributed by atoms with E-state index in [4.69, 9.17) is 9.84 Å². The normalized spacial score (nSPS) is 10.2. The highest BCUT2D eigenvalue weighted by Gasteiger charge is 2.15. The number of aliphatic carboxylic acids is 1. The Kier molecular flexibility index (Phi) is 5.47. The van der Waals surface area contributed by atoms with Gasteiger partial charge in [0.25, 0.3) is 0 Å². The summed E-state index contributed by atoms with van der Waals surface area (Å²) in [5.41, 5.74) is 0.784. The molecule has 0 unspecified atom stereocenters.